The largest absolute Gasteiger partial charge is 0.378 e. The number of allylic oxidation sites excluding steroid dienone is 1. The Labute approximate surface area is 111 Å². The van der Waals surface area contributed by atoms with Crippen LogP contribution in [0.1, 0.15) is 31.7 Å². The molecule has 0 heterocycles. The van der Waals surface area contributed by atoms with E-state index in [2.05, 4.69) is 49.1 Å². The molecule has 0 fully saturated rings. The summed E-state index contributed by atoms with van der Waals surface area (Å²) in [4.78, 5) is 0. The fourth-order valence-corrected chi connectivity index (χ4v) is 1.90. The summed E-state index contributed by atoms with van der Waals surface area (Å²) in [5, 5.41) is 0. The third-order valence-corrected chi connectivity index (χ3v) is 2.90. The summed E-state index contributed by atoms with van der Waals surface area (Å²) in [7, 11) is 0. The lowest BCUT2D eigenvalue weighted by Gasteiger charge is -2.15. The minimum Gasteiger partial charge on any atom is -0.378 e. The van der Waals surface area contributed by atoms with Gasteiger partial charge in [0.15, 0.2) is 0 Å². The summed E-state index contributed by atoms with van der Waals surface area (Å²) in [6.07, 6.45) is 10.5. The average Bonchev–Trinajstić information content (AvgIpc) is 2.42. The van der Waals surface area contributed by atoms with E-state index in [1.54, 1.807) is 0 Å². The van der Waals surface area contributed by atoms with Crippen LogP contribution in [0.4, 0.5) is 0 Å². The van der Waals surface area contributed by atoms with Crippen LogP contribution in [0.25, 0.3) is 0 Å². The zero-order chi connectivity index (χ0) is 13.1. The SMILES string of the molecule is C=CC[C@@H](CCc1ccccc1)OCC/C=C/C. The molecule has 18 heavy (non-hydrogen) atoms. The molecule has 1 atom stereocenters. The van der Waals surface area contributed by atoms with Gasteiger partial charge in [-0.25, -0.2) is 0 Å². The minimum absolute atomic E-state index is 0.299. The molecule has 1 rings (SSSR count). The van der Waals surface area contributed by atoms with E-state index in [1.165, 1.54) is 5.56 Å². The first kappa shape index (κ1) is 14.7. The first-order valence-electron chi connectivity index (χ1n) is 6.74. The van der Waals surface area contributed by atoms with Crippen molar-refractivity contribution in [3.05, 3.63) is 60.7 Å². The molecule has 1 heteroatoms. The maximum Gasteiger partial charge on any atom is 0.0612 e. The van der Waals surface area contributed by atoms with E-state index < -0.39 is 0 Å². The Balaban J connectivity index is 2.30. The van der Waals surface area contributed by atoms with Gasteiger partial charge < -0.3 is 4.74 Å². The second-order valence-corrected chi connectivity index (χ2v) is 4.40. The van der Waals surface area contributed by atoms with Crippen LogP contribution >= 0.6 is 0 Å². The molecule has 0 bridgehead atoms. The number of ether oxygens (including phenoxy) is 1. The van der Waals surface area contributed by atoms with Gasteiger partial charge in [0.1, 0.15) is 0 Å². The molecule has 0 aliphatic heterocycles. The highest BCUT2D eigenvalue weighted by Gasteiger charge is 2.07. The van der Waals surface area contributed by atoms with E-state index in [9.17, 15) is 0 Å². The van der Waals surface area contributed by atoms with Crippen molar-refractivity contribution in [1.29, 1.82) is 0 Å². The van der Waals surface area contributed by atoms with Crippen molar-refractivity contribution in [2.24, 2.45) is 0 Å². The number of hydrogen-bond acceptors (Lipinski definition) is 1. The third kappa shape index (κ3) is 6.41. The summed E-state index contributed by atoms with van der Waals surface area (Å²) in [5.41, 5.74) is 1.38. The molecule has 98 valence electrons. The van der Waals surface area contributed by atoms with E-state index in [0.29, 0.717) is 6.10 Å². The Kier molecular flexibility index (Phi) is 7.90. The molecule has 1 aromatic rings. The Bertz CT molecular complexity index is 340. The first-order valence-corrected chi connectivity index (χ1v) is 6.74. The van der Waals surface area contributed by atoms with E-state index in [1.807, 2.05) is 13.0 Å². The molecule has 0 N–H and O–H groups in total. The first-order chi connectivity index (χ1) is 8.86. The Morgan fingerprint density at radius 2 is 2.06 bits per heavy atom. The van der Waals surface area contributed by atoms with Gasteiger partial charge in [-0.15, -0.1) is 6.58 Å². The number of aryl methyl sites for hydroxylation is 1. The second-order valence-electron chi connectivity index (χ2n) is 4.40. The van der Waals surface area contributed by atoms with Gasteiger partial charge in [-0.3, -0.25) is 0 Å². The quantitative estimate of drug-likeness (QED) is 0.457. The highest BCUT2D eigenvalue weighted by molar-refractivity contribution is 5.14. The lowest BCUT2D eigenvalue weighted by atomic mass is 10.0. The van der Waals surface area contributed by atoms with Crippen LogP contribution in [-0.2, 0) is 11.2 Å². The Morgan fingerprint density at radius 3 is 2.72 bits per heavy atom. The van der Waals surface area contributed by atoms with Crippen LogP contribution < -0.4 is 0 Å². The van der Waals surface area contributed by atoms with Crippen molar-refractivity contribution >= 4 is 0 Å². The molecule has 1 nitrogen and oxygen atoms in total. The number of rotatable bonds is 9. The standard InChI is InChI=1S/C17H24O/c1-3-5-9-15-18-17(10-4-2)14-13-16-11-7-6-8-12-16/h3-8,11-12,17H,2,9-10,13-15H2,1H3/b5-3+/t17-/m0/s1. The second kappa shape index (κ2) is 9.67. The maximum absolute atomic E-state index is 5.88. The third-order valence-electron chi connectivity index (χ3n) is 2.90. The zero-order valence-electron chi connectivity index (χ0n) is 11.3. The van der Waals surface area contributed by atoms with Gasteiger partial charge in [-0.2, -0.15) is 0 Å². The molecule has 0 radical (unpaired) electrons. The van der Waals surface area contributed by atoms with Crippen molar-refractivity contribution in [3.8, 4) is 0 Å². The van der Waals surface area contributed by atoms with Crippen LogP contribution in [0, 0.1) is 0 Å². The zero-order valence-corrected chi connectivity index (χ0v) is 11.3. The van der Waals surface area contributed by atoms with E-state index in [-0.39, 0.29) is 0 Å². The van der Waals surface area contributed by atoms with Crippen LogP contribution in [0.15, 0.2) is 55.1 Å². The molecule has 0 aliphatic carbocycles. The summed E-state index contributed by atoms with van der Waals surface area (Å²) in [6.45, 7) is 6.65. The van der Waals surface area contributed by atoms with Gasteiger partial charge in [-0.1, -0.05) is 48.6 Å². The monoisotopic (exact) mass is 244 g/mol. The molecule has 0 aliphatic rings. The summed E-state index contributed by atoms with van der Waals surface area (Å²) < 4.78 is 5.88. The Hall–Kier alpha value is -1.34. The minimum atomic E-state index is 0.299. The molecular formula is C17H24O. The van der Waals surface area contributed by atoms with Crippen LogP contribution in [0.3, 0.4) is 0 Å². The predicted molar refractivity (Wildman–Crippen MR) is 78.7 cm³/mol. The fraction of sp³-hybridized carbons (Fsp3) is 0.412. The van der Waals surface area contributed by atoms with Gasteiger partial charge >= 0.3 is 0 Å². The lowest BCUT2D eigenvalue weighted by Crippen LogP contribution is -2.14. The molecule has 0 unspecified atom stereocenters. The highest BCUT2D eigenvalue weighted by Crippen LogP contribution is 2.11. The predicted octanol–water partition coefficient (Wildman–Crippen LogP) is 4.55. The van der Waals surface area contributed by atoms with Crippen molar-refractivity contribution in [1.82, 2.24) is 0 Å². The van der Waals surface area contributed by atoms with Crippen molar-refractivity contribution in [2.45, 2.75) is 38.7 Å². The molecule has 0 amide bonds. The van der Waals surface area contributed by atoms with Crippen molar-refractivity contribution in [2.75, 3.05) is 6.61 Å². The maximum atomic E-state index is 5.88. The van der Waals surface area contributed by atoms with Crippen LogP contribution in [0.5, 0.6) is 0 Å². The number of benzene rings is 1. The van der Waals surface area contributed by atoms with Gasteiger partial charge in [0.2, 0.25) is 0 Å². The molecular weight excluding hydrogens is 220 g/mol. The highest BCUT2D eigenvalue weighted by atomic mass is 16.5. The van der Waals surface area contributed by atoms with Gasteiger partial charge in [0.05, 0.1) is 12.7 Å². The van der Waals surface area contributed by atoms with E-state index in [4.69, 9.17) is 4.74 Å². The average molecular weight is 244 g/mol. The number of hydrogen-bond donors (Lipinski definition) is 0. The summed E-state index contributed by atoms with van der Waals surface area (Å²) in [6, 6.07) is 10.6. The molecule has 1 aromatic carbocycles. The molecule has 0 saturated heterocycles. The Morgan fingerprint density at radius 1 is 1.28 bits per heavy atom. The lowest BCUT2D eigenvalue weighted by molar-refractivity contribution is 0.0529. The molecule has 0 spiro atoms. The van der Waals surface area contributed by atoms with Gasteiger partial charge in [0.25, 0.3) is 0 Å². The fourth-order valence-electron chi connectivity index (χ4n) is 1.90. The van der Waals surface area contributed by atoms with Crippen molar-refractivity contribution in [3.63, 3.8) is 0 Å². The van der Waals surface area contributed by atoms with Crippen molar-refractivity contribution < 1.29 is 4.74 Å². The normalized spacial score (nSPS) is 12.7. The van der Waals surface area contributed by atoms with E-state index >= 15 is 0 Å². The van der Waals surface area contributed by atoms with Crippen LogP contribution in [0.2, 0.25) is 0 Å². The topological polar surface area (TPSA) is 9.23 Å². The molecule has 0 saturated carbocycles. The van der Waals surface area contributed by atoms with Crippen LogP contribution in [-0.4, -0.2) is 12.7 Å². The van der Waals surface area contributed by atoms with Gasteiger partial charge in [-0.05, 0) is 38.2 Å². The summed E-state index contributed by atoms with van der Waals surface area (Å²) >= 11 is 0. The molecule has 0 aromatic heterocycles. The summed E-state index contributed by atoms with van der Waals surface area (Å²) in [5.74, 6) is 0. The smallest absolute Gasteiger partial charge is 0.0612 e. The van der Waals surface area contributed by atoms with Gasteiger partial charge in [0, 0.05) is 0 Å². The van der Waals surface area contributed by atoms with E-state index in [0.717, 1.165) is 32.3 Å².